The fourth-order valence-corrected chi connectivity index (χ4v) is 4.11. The van der Waals surface area contributed by atoms with E-state index in [1.54, 1.807) is 12.1 Å². The van der Waals surface area contributed by atoms with Crippen LogP contribution >= 0.6 is 0 Å². The number of nitro benzene ring substituents is 1. The van der Waals surface area contributed by atoms with Crippen molar-refractivity contribution in [2.75, 3.05) is 13.1 Å². The van der Waals surface area contributed by atoms with Gasteiger partial charge in [-0.05, 0) is 36.2 Å². The third-order valence-electron chi connectivity index (χ3n) is 5.45. The van der Waals surface area contributed by atoms with Gasteiger partial charge in [-0.15, -0.1) is 0 Å². The number of amides is 1. The minimum absolute atomic E-state index is 0.0180. The van der Waals surface area contributed by atoms with Gasteiger partial charge in [0.2, 0.25) is 0 Å². The summed E-state index contributed by atoms with van der Waals surface area (Å²) in [6, 6.07) is 5.03. The molecule has 1 amide bonds. The fraction of sp³-hybridized carbons (Fsp3) is 0.611. The molecule has 1 aliphatic heterocycles. The van der Waals surface area contributed by atoms with E-state index in [2.05, 4.69) is 0 Å². The van der Waals surface area contributed by atoms with Crippen molar-refractivity contribution in [3.63, 3.8) is 0 Å². The molecule has 1 heterocycles. The maximum atomic E-state index is 12.8. The third kappa shape index (κ3) is 2.90. The SMILES string of the molecule is CC(C)(C)c1ccc(C(=O)N2CC3CCC(N)C3C2)cc1[N+](=O)[O-]. The molecule has 2 aliphatic rings. The molecule has 3 rings (SSSR count). The Kier molecular flexibility index (Phi) is 4.11. The van der Waals surface area contributed by atoms with Crippen LogP contribution in [0.1, 0.15) is 49.5 Å². The highest BCUT2D eigenvalue weighted by atomic mass is 16.6. The molecular weight excluding hydrogens is 306 g/mol. The van der Waals surface area contributed by atoms with Crippen LogP contribution < -0.4 is 5.73 Å². The molecule has 130 valence electrons. The molecule has 1 aromatic carbocycles. The molecule has 6 nitrogen and oxygen atoms in total. The zero-order valence-electron chi connectivity index (χ0n) is 14.5. The van der Waals surface area contributed by atoms with Gasteiger partial charge in [0, 0.05) is 36.3 Å². The molecule has 0 bridgehead atoms. The van der Waals surface area contributed by atoms with E-state index in [1.807, 2.05) is 25.7 Å². The number of carbonyl (C=O) groups excluding carboxylic acids is 1. The lowest BCUT2D eigenvalue weighted by Gasteiger charge is -2.21. The zero-order chi connectivity index (χ0) is 17.6. The number of hydrogen-bond donors (Lipinski definition) is 1. The van der Waals surface area contributed by atoms with E-state index in [1.165, 1.54) is 6.07 Å². The van der Waals surface area contributed by atoms with Crippen molar-refractivity contribution in [2.24, 2.45) is 17.6 Å². The van der Waals surface area contributed by atoms with Gasteiger partial charge in [-0.2, -0.15) is 0 Å². The number of likely N-dealkylation sites (tertiary alicyclic amines) is 1. The van der Waals surface area contributed by atoms with Crippen LogP contribution in [0.15, 0.2) is 18.2 Å². The second-order valence-corrected chi connectivity index (χ2v) is 8.11. The molecule has 0 spiro atoms. The van der Waals surface area contributed by atoms with E-state index in [9.17, 15) is 14.9 Å². The van der Waals surface area contributed by atoms with Crippen LogP contribution in [0.5, 0.6) is 0 Å². The maximum absolute atomic E-state index is 12.8. The number of nitro groups is 1. The van der Waals surface area contributed by atoms with Crippen molar-refractivity contribution in [1.82, 2.24) is 4.90 Å². The monoisotopic (exact) mass is 331 g/mol. The zero-order valence-corrected chi connectivity index (χ0v) is 14.5. The van der Waals surface area contributed by atoms with Crippen molar-refractivity contribution in [3.8, 4) is 0 Å². The number of nitrogens with zero attached hydrogens (tertiary/aromatic N) is 2. The predicted molar refractivity (Wildman–Crippen MR) is 91.9 cm³/mol. The number of hydrogen-bond acceptors (Lipinski definition) is 4. The van der Waals surface area contributed by atoms with E-state index >= 15 is 0 Å². The van der Waals surface area contributed by atoms with E-state index in [0.717, 1.165) is 12.8 Å². The smallest absolute Gasteiger partial charge is 0.273 e. The van der Waals surface area contributed by atoms with Crippen molar-refractivity contribution in [1.29, 1.82) is 0 Å². The molecule has 3 atom stereocenters. The third-order valence-corrected chi connectivity index (χ3v) is 5.45. The standard InChI is InChI=1S/C18H25N3O3/c1-18(2,3)14-6-4-11(8-16(14)21(23)24)17(22)20-9-12-5-7-15(19)13(12)10-20/h4,6,8,12-13,15H,5,7,9-10,19H2,1-3H3. The molecule has 3 unspecified atom stereocenters. The van der Waals surface area contributed by atoms with Gasteiger partial charge in [0.25, 0.3) is 11.6 Å². The van der Waals surface area contributed by atoms with Gasteiger partial charge in [-0.1, -0.05) is 26.8 Å². The minimum Gasteiger partial charge on any atom is -0.338 e. The van der Waals surface area contributed by atoms with E-state index in [-0.39, 0.29) is 23.1 Å². The number of nitrogens with two attached hydrogens (primary N) is 1. The summed E-state index contributed by atoms with van der Waals surface area (Å²) in [6.45, 7) is 7.17. The molecule has 0 aromatic heterocycles. The second kappa shape index (κ2) is 5.84. The molecule has 1 aromatic rings. The summed E-state index contributed by atoms with van der Waals surface area (Å²) in [7, 11) is 0. The number of carbonyl (C=O) groups is 1. The molecule has 2 N–H and O–H groups in total. The Morgan fingerprint density at radius 2 is 2.00 bits per heavy atom. The summed E-state index contributed by atoms with van der Waals surface area (Å²) >= 11 is 0. The Morgan fingerprint density at radius 1 is 1.29 bits per heavy atom. The first-order valence-electron chi connectivity index (χ1n) is 8.52. The molecule has 1 saturated carbocycles. The van der Waals surface area contributed by atoms with E-state index in [0.29, 0.717) is 36.1 Å². The lowest BCUT2D eigenvalue weighted by molar-refractivity contribution is -0.386. The molecule has 2 fully saturated rings. The first-order valence-corrected chi connectivity index (χ1v) is 8.52. The minimum atomic E-state index is -0.397. The Hall–Kier alpha value is -1.95. The summed E-state index contributed by atoms with van der Waals surface area (Å²) in [6.07, 6.45) is 2.10. The first kappa shape index (κ1) is 16.9. The number of fused-ring (bicyclic) bond motifs is 1. The van der Waals surface area contributed by atoms with Gasteiger partial charge in [0.1, 0.15) is 0 Å². The van der Waals surface area contributed by atoms with Crippen LogP contribution in [0.4, 0.5) is 5.69 Å². The van der Waals surface area contributed by atoms with Crippen molar-refractivity contribution >= 4 is 11.6 Å². The van der Waals surface area contributed by atoms with Gasteiger partial charge in [0.05, 0.1) is 4.92 Å². The fourth-order valence-electron chi connectivity index (χ4n) is 4.11. The van der Waals surface area contributed by atoms with E-state index < -0.39 is 4.92 Å². The van der Waals surface area contributed by atoms with Crippen LogP contribution in [-0.2, 0) is 5.41 Å². The molecule has 6 heteroatoms. The molecule has 1 aliphatic carbocycles. The number of rotatable bonds is 2. The Balaban J connectivity index is 1.86. The van der Waals surface area contributed by atoms with Crippen molar-refractivity contribution in [2.45, 2.75) is 45.1 Å². The molecule has 1 saturated heterocycles. The average Bonchev–Trinajstić information content (AvgIpc) is 3.07. The predicted octanol–water partition coefficient (Wildman–Crippen LogP) is 2.70. The van der Waals surface area contributed by atoms with Gasteiger partial charge < -0.3 is 10.6 Å². The highest BCUT2D eigenvalue weighted by Gasteiger charge is 2.42. The van der Waals surface area contributed by atoms with Crippen LogP contribution in [0.25, 0.3) is 0 Å². The van der Waals surface area contributed by atoms with Gasteiger partial charge >= 0.3 is 0 Å². The Bertz CT molecular complexity index is 681. The van der Waals surface area contributed by atoms with E-state index in [4.69, 9.17) is 5.73 Å². The first-order chi connectivity index (χ1) is 11.2. The Morgan fingerprint density at radius 3 is 2.58 bits per heavy atom. The summed E-state index contributed by atoms with van der Waals surface area (Å²) in [4.78, 5) is 25.6. The molecular formula is C18H25N3O3. The van der Waals surface area contributed by atoms with Crippen molar-refractivity contribution < 1.29 is 9.72 Å². The highest BCUT2D eigenvalue weighted by molar-refractivity contribution is 5.95. The average molecular weight is 331 g/mol. The van der Waals surface area contributed by atoms with Crippen molar-refractivity contribution in [3.05, 3.63) is 39.4 Å². The van der Waals surface area contributed by atoms with Gasteiger partial charge in [-0.25, -0.2) is 0 Å². The van der Waals surface area contributed by atoms with Gasteiger partial charge in [-0.3, -0.25) is 14.9 Å². The maximum Gasteiger partial charge on any atom is 0.273 e. The van der Waals surface area contributed by atoms with Crippen LogP contribution in [0.3, 0.4) is 0 Å². The largest absolute Gasteiger partial charge is 0.338 e. The lowest BCUT2D eigenvalue weighted by Crippen LogP contribution is -2.33. The molecule has 0 radical (unpaired) electrons. The summed E-state index contributed by atoms with van der Waals surface area (Å²) in [5.74, 6) is 0.728. The topological polar surface area (TPSA) is 89.5 Å². The van der Waals surface area contributed by atoms with Crippen LogP contribution in [-0.4, -0.2) is 34.9 Å². The summed E-state index contributed by atoms with van der Waals surface area (Å²) in [5.41, 5.74) is 6.83. The summed E-state index contributed by atoms with van der Waals surface area (Å²) in [5, 5.41) is 11.4. The lowest BCUT2D eigenvalue weighted by atomic mass is 9.85. The Labute approximate surface area is 142 Å². The number of benzene rings is 1. The quantitative estimate of drug-likeness (QED) is 0.666. The summed E-state index contributed by atoms with van der Waals surface area (Å²) < 4.78 is 0. The molecule has 24 heavy (non-hydrogen) atoms. The van der Waals surface area contributed by atoms with Crippen LogP contribution in [0, 0.1) is 22.0 Å². The normalized spacial score (nSPS) is 26.5. The second-order valence-electron chi connectivity index (χ2n) is 8.11. The highest BCUT2D eigenvalue weighted by Crippen LogP contribution is 2.38. The van der Waals surface area contributed by atoms with Crippen LogP contribution in [0.2, 0.25) is 0 Å². The van der Waals surface area contributed by atoms with Gasteiger partial charge in [0.15, 0.2) is 0 Å².